The van der Waals surface area contributed by atoms with Crippen molar-refractivity contribution in [1.29, 1.82) is 0 Å². The number of benzene rings is 2. The van der Waals surface area contributed by atoms with Crippen molar-refractivity contribution >= 4 is 33.1 Å². The molecule has 2 rings (SSSR count). The molecule has 4 heteroatoms. The smallest absolute Gasteiger partial charge is 0.128 e. The molecule has 110 valence electrons. The molecule has 2 N–H and O–H groups in total. The number of ether oxygens (including phenoxy) is 1. The van der Waals surface area contributed by atoms with Crippen LogP contribution in [0.4, 0.5) is 0 Å². The van der Waals surface area contributed by atoms with Crippen molar-refractivity contribution in [2.45, 2.75) is 26.2 Å². The Kier molecular flexibility index (Phi) is 5.76. The molecule has 0 aromatic heterocycles. The zero-order valence-corrected chi connectivity index (χ0v) is 14.3. The van der Waals surface area contributed by atoms with Crippen LogP contribution in [0.5, 0.6) is 11.5 Å². The summed E-state index contributed by atoms with van der Waals surface area (Å²) in [5, 5.41) is 0. The van der Waals surface area contributed by atoms with E-state index in [1.165, 1.54) is 18.4 Å². The van der Waals surface area contributed by atoms with Gasteiger partial charge < -0.3 is 10.5 Å². The van der Waals surface area contributed by atoms with Gasteiger partial charge in [-0.25, -0.2) is 0 Å². The van der Waals surface area contributed by atoms with Gasteiger partial charge in [0.25, 0.3) is 0 Å². The molecular formula is C17H18BrNOS. The summed E-state index contributed by atoms with van der Waals surface area (Å²) in [5.74, 6) is 1.58. The Morgan fingerprint density at radius 3 is 2.38 bits per heavy atom. The van der Waals surface area contributed by atoms with Crippen LogP contribution in [-0.4, -0.2) is 4.99 Å². The molecule has 0 aliphatic carbocycles. The first-order valence-corrected chi connectivity index (χ1v) is 8.16. The van der Waals surface area contributed by atoms with Crippen LogP contribution in [0.25, 0.3) is 0 Å². The second-order valence-electron chi connectivity index (χ2n) is 4.86. The van der Waals surface area contributed by atoms with E-state index in [1.807, 2.05) is 30.3 Å². The summed E-state index contributed by atoms with van der Waals surface area (Å²) in [4.78, 5) is 0.369. The Balaban J connectivity index is 2.07. The molecule has 0 saturated heterocycles. The maximum atomic E-state index is 5.84. The molecule has 2 aromatic carbocycles. The van der Waals surface area contributed by atoms with E-state index >= 15 is 0 Å². The second-order valence-corrected chi connectivity index (χ2v) is 6.15. The van der Waals surface area contributed by atoms with Crippen molar-refractivity contribution in [3.05, 3.63) is 58.1 Å². The number of hydrogen-bond acceptors (Lipinski definition) is 2. The van der Waals surface area contributed by atoms with Crippen LogP contribution in [0.3, 0.4) is 0 Å². The van der Waals surface area contributed by atoms with Crippen molar-refractivity contribution in [3.63, 3.8) is 0 Å². The van der Waals surface area contributed by atoms with E-state index in [0.29, 0.717) is 4.99 Å². The average molecular weight is 364 g/mol. The third-order valence-electron chi connectivity index (χ3n) is 3.18. The van der Waals surface area contributed by atoms with Gasteiger partial charge in [0.15, 0.2) is 0 Å². The van der Waals surface area contributed by atoms with Crippen LogP contribution in [0.15, 0.2) is 46.9 Å². The summed E-state index contributed by atoms with van der Waals surface area (Å²) in [6.45, 7) is 2.20. The molecule has 0 unspecified atom stereocenters. The van der Waals surface area contributed by atoms with Gasteiger partial charge in [-0.2, -0.15) is 0 Å². The largest absolute Gasteiger partial charge is 0.457 e. The number of rotatable bonds is 6. The maximum Gasteiger partial charge on any atom is 0.128 e. The zero-order chi connectivity index (χ0) is 15.2. The molecule has 0 fully saturated rings. The molecule has 0 aliphatic heterocycles. The molecular weight excluding hydrogens is 346 g/mol. The number of thiocarbonyl (C=S) groups is 1. The van der Waals surface area contributed by atoms with Crippen molar-refractivity contribution in [2.75, 3.05) is 0 Å². The predicted octanol–water partition coefficient (Wildman–Crippen LogP) is 5.22. The third-order valence-corrected chi connectivity index (χ3v) is 4.06. The molecule has 2 aromatic rings. The number of nitrogens with two attached hydrogens (primary N) is 1. The summed E-state index contributed by atoms with van der Waals surface area (Å²) in [7, 11) is 0. The Labute approximate surface area is 139 Å². The fourth-order valence-corrected chi connectivity index (χ4v) is 2.88. The monoisotopic (exact) mass is 363 g/mol. The molecule has 0 heterocycles. The van der Waals surface area contributed by atoms with Gasteiger partial charge in [0.1, 0.15) is 16.5 Å². The van der Waals surface area contributed by atoms with Crippen LogP contribution in [0.1, 0.15) is 30.9 Å². The molecule has 0 spiro atoms. The van der Waals surface area contributed by atoms with Crippen molar-refractivity contribution in [3.8, 4) is 11.5 Å². The Bertz CT molecular complexity index is 625. The van der Waals surface area contributed by atoms with Crippen LogP contribution in [-0.2, 0) is 6.42 Å². The number of hydrogen-bond donors (Lipinski definition) is 1. The minimum Gasteiger partial charge on any atom is -0.457 e. The quantitative estimate of drug-likeness (QED) is 0.714. The first-order valence-electron chi connectivity index (χ1n) is 6.96. The van der Waals surface area contributed by atoms with Gasteiger partial charge in [-0.3, -0.25) is 0 Å². The van der Waals surface area contributed by atoms with Gasteiger partial charge in [0, 0.05) is 10.0 Å². The molecule has 2 nitrogen and oxygen atoms in total. The minimum absolute atomic E-state index is 0.369. The third kappa shape index (κ3) is 4.55. The SMILES string of the molecule is CCCCc1ccc(Oc2ccc(C(N)=S)c(Br)c2)cc1. The highest BCUT2D eigenvalue weighted by atomic mass is 79.9. The lowest BCUT2D eigenvalue weighted by Gasteiger charge is -2.09. The first kappa shape index (κ1) is 16.0. The van der Waals surface area contributed by atoms with E-state index in [9.17, 15) is 0 Å². The molecule has 0 aliphatic rings. The van der Waals surface area contributed by atoms with Crippen LogP contribution in [0, 0.1) is 0 Å². The first-order chi connectivity index (χ1) is 10.1. The Hall–Kier alpha value is -1.39. The number of aryl methyl sites for hydroxylation is 1. The van der Waals surface area contributed by atoms with Crippen LogP contribution < -0.4 is 10.5 Å². The zero-order valence-electron chi connectivity index (χ0n) is 11.9. The molecule has 0 atom stereocenters. The highest BCUT2D eigenvalue weighted by molar-refractivity contribution is 9.10. The van der Waals surface area contributed by atoms with Crippen molar-refractivity contribution in [1.82, 2.24) is 0 Å². The highest BCUT2D eigenvalue weighted by Gasteiger charge is 2.05. The molecule has 21 heavy (non-hydrogen) atoms. The lowest BCUT2D eigenvalue weighted by molar-refractivity contribution is 0.482. The van der Waals surface area contributed by atoms with Gasteiger partial charge in [0.2, 0.25) is 0 Å². The number of halogens is 1. The molecule has 0 bridgehead atoms. The predicted molar refractivity (Wildman–Crippen MR) is 95.2 cm³/mol. The number of unbranched alkanes of at least 4 members (excludes halogenated alkanes) is 1. The fraction of sp³-hybridized carbons (Fsp3) is 0.235. The summed E-state index contributed by atoms with van der Waals surface area (Å²) in [5.41, 5.74) is 7.79. The minimum atomic E-state index is 0.369. The average Bonchev–Trinajstić information content (AvgIpc) is 2.46. The maximum absolute atomic E-state index is 5.84. The Morgan fingerprint density at radius 2 is 1.81 bits per heavy atom. The van der Waals surface area contributed by atoms with Gasteiger partial charge in [-0.05, 0) is 64.7 Å². The van der Waals surface area contributed by atoms with Crippen LogP contribution >= 0.6 is 28.1 Å². The van der Waals surface area contributed by atoms with Gasteiger partial charge in [-0.1, -0.05) is 37.7 Å². The summed E-state index contributed by atoms with van der Waals surface area (Å²) >= 11 is 8.43. The van der Waals surface area contributed by atoms with E-state index in [4.69, 9.17) is 22.7 Å². The topological polar surface area (TPSA) is 35.2 Å². The highest BCUT2D eigenvalue weighted by Crippen LogP contribution is 2.27. The van der Waals surface area contributed by atoms with E-state index in [0.717, 1.165) is 28.0 Å². The van der Waals surface area contributed by atoms with Gasteiger partial charge in [0.05, 0.1) is 0 Å². The summed E-state index contributed by atoms with van der Waals surface area (Å²) < 4.78 is 6.68. The lowest BCUT2D eigenvalue weighted by atomic mass is 10.1. The Morgan fingerprint density at radius 1 is 1.14 bits per heavy atom. The van der Waals surface area contributed by atoms with E-state index in [1.54, 1.807) is 0 Å². The molecule has 0 saturated carbocycles. The van der Waals surface area contributed by atoms with Crippen molar-refractivity contribution in [2.24, 2.45) is 5.73 Å². The normalized spacial score (nSPS) is 10.4. The second kappa shape index (κ2) is 7.57. The lowest BCUT2D eigenvalue weighted by Crippen LogP contribution is -2.09. The standard InChI is InChI=1S/C17H18BrNOS/c1-2-3-4-12-5-7-13(8-6-12)20-14-9-10-15(17(19)21)16(18)11-14/h5-11H,2-4H2,1H3,(H2,19,21). The van der Waals surface area contributed by atoms with Gasteiger partial charge >= 0.3 is 0 Å². The molecule has 0 radical (unpaired) electrons. The molecule has 0 amide bonds. The van der Waals surface area contributed by atoms with E-state index in [-0.39, 0.29) is 0 Å². The van der Waals surface area contributed by atoms with Crippen molar-refractivity contribution < 1.29 is 4.74 Å². The van der Waals surface area contributed by atoms with Crippen LogP contribution in [0.2, 0.25) is 0 Å². The van der Waals surface area contributed by atoms with E-state index in [2.05, 4.69) is 35.0 Å². The summed E-state index contributed by atoms with van der Waals surface area (Å²) in [6, 6.07) is 13.8. The summed E-state index contributed by atoms with van der Waals surface area (Å²) in [6.07, 6.45) is 3.54. The van der Waals surface area contributed by atoms with Gasteiger partial charge in [-0.15, -0.1) is 0 Å². The fourth-order valence-electron chi connectivity index (χ4n) is 2.00. The van der Waals surface area contributed by atoms with E-state index < -0.39 is 0 Å².